The van der Waals surface area contributed by atoms with Crippen molar-refractivity contribution < 1.29 is 26.4 Å². The molecule has 0 spiro atoms. The van der Waals surface area contributed by atoms with E-state index < -0.39 is 32.0 Å². The molecule has 30 heavy (non-hydrogen) atoms. The highest BCUT2D eigenvalue weighted by Crippen LogP contribution is 2.29. The molecule has 11 heteroatoms. The summed E-state index contributed by atoms with van der Waals surface area (Å²) in [7, 11) is -4.94. The summed E-state index contributed by atoms with van der Waals surface area (Å²) in [6.45, 7) is 3.38. The average Bonchev–Trinajstić information content (AvgIpc) is 2.69. The van der Waals surface area contributed by atoms with Gasteiger partial charge in [0.15, 0.2) is 0 Å². The van der Waals surface area contributed by atoms with Gasteiger partial charge in [0.25, 0.3) is 0 Å². The first-order valence-electron chi connectivity index (χ1n) is 9.06. The Hall–Kier alpha value is -2.47. The number of anilines is 1. The van der Waals surface area contributed by atoms with Crippen LogP contribution in [0.3, 0.4) is 0 Å². The number of carbonyl (C=O) groups excluding carboxylic acids is 1. The third kappa shape index (κ3) is 5.57. The Morgan fingerprint density at radius 3 is 2.27 bits per heavy atom. The summed E-state index contributed by atoms with van der Waals surface area (Å²) < 4.78 is 58.7. The van der Waals surface area contributed by atoms with Crippen molar-refractivity contribution in [3.8, 4) is 5.75 Å². The summed E-state index contributed by atoms with van der Waals surface area (Å²) in [5, 5.41) is 2.53. The molecular weight excluding hydrogens is 430 g/mol. The van der Waals surface area contributed by atoms with E-state index in [9.17, 15) is 21.6 Å². The fourth-order valence-corrected chi connectivity index (χ4v) is 4.74. The van der Waals surface area contributed by atoms with Crippen molar-refractivity contribution in [1.29, 1.82) is 0 Å². The number of sulfonamides is 2. The minimum absolute atomic E-state index is 0.0325. The fourth-order valence-electron chi connectivity index (χ4n) is 2.46. The maximum Gasteiger partial charge on any atom is 0.246 e. The molecule has 9 nitrogen and oxygen atoms in total. The summed E-state index contributed by atoms with van der Waals surface area (Å²) in [5.41, 5.74) is 0.189. The number of hydrogen-bond donors (Lipinski definition) is 2. The first-order valence-corrected chi connectivity index (χ1v) is 12.0. The van der Waals surface area contributed by atoms with Gasteiger partial charge in [-0.3, -0.25) is 4.79 Å². The van der Waals surface area contributed by atoms with Crippen LogP contribution in [0.5, 0.6) is 5.75 Å². The quantitative estimate of drug-likeness (QED) is 0.593. The van der Waals surface area contributed by atoms with Gasteiger partial charge in [-0.05, 0) is 44.2 Å². The molecule has 0 aliphatic carbocycles. The topological polar surface area (TPSA) is 122 Å². The summed E-state index contributed by atoms with van der Waals surface area (Å²) >= 11 is 0. The van der Waals surface area contributed by atoms with Crippen LogP contribution in [0.2, 0.25) is 0 Å². The zero-order valence-electron chi connectivity index (χ0n) is 17.1. The lowest BCUT2D eigenvalue weighted by molar-refractivity contribution is -0.117. The van der Waals surface area contributed by atoms with Crippen molar-refractivity contribution in [2.24, 2.45) is 0 Å². The minimum atomic E-state index is -3.89. The molecule has 0 aliphatic rings. The molecule has 1 amide bonds. The Bertz CT molecular complexity index is 1100. The molecule has 2 N–H and O–H groups in total. The van der Waals surface area contributed by atoms with Crippen LogP contribution < -0.4 is 14.8 Å². The SMILES string of the molecule is CCOc1ccc(NC(=O)[C@H](C)NS(=O)(=O)c2ccccc2)cc1S(=O)(=O)N(C)C. The van der Waals surface area contributed by atoms with Crippen LogP contribution in [0.4, 0.5) is 5.69 Å². The molecule has 0 aliphatic heterocycles. The first kappa shape index (κ1) is 23.8. The summed E-state index contributed by atoms with van der Waals surface area (Å²) in [4.78, 5) is 12.4. The van der Waals surface area contributed by atoms with E-state index in [-0.39, 0.29) is 27.8 Å². The van der Waals surface area contributed by atoms with E-state index in [0.29, 0.717) is 0 Å². The van der Waals surface area contributed by atoms with Gasteiger partial charge in [-0.1, -0.05) is 18.2 Å². The standard InChI is InChI=1S/C19H25N3O6S2/c1-5-28-17-12-11-15(13-18(17)30(26,27)22(3)4)20-19(23)14(2)21-29(24,25)16-9-7-6-8-10-16/h6-14,21H,5H2,1-4H3,(H,20,23)/t14-/m0/s1. The van der Waals surface area contributed by atoms with Crippen molar-refractivity contribution in [3.05, 3.63) is 48.5 Å². The zero-order valence-corrected chi connectivity index (χ0v) is 18.7. The van der Waals surface area contributed by atoms with Crippen LogP contribution in [-0.4, -0.2) is 53.8 Å². The van der Waals surface area contributed by atoms with Gasteiger partial charge in [0.05, 0.1) is 17.5 Å². The van der Waals surface area contributed by atoms with Gasteiger partial charge in [0.1, 0.15) is 10.6 Å². The van der Waals surface area contributed by atoms with Crippen LogP contribution in [-0.2, 0) is 24.8 Å². The van der Waals surface area contributed by atoms with E-state index in [1.54, 1.807) is 25.1 Å². The van der Waals surface area contributed by atoms with Crippen molar-refractivity contribution in [3.63, 3.8) is 0 Å². The predicted octanol–water partition coefficient (Wildman–Crippen LogP) is 1.64. The molecule has 0 fully saturated rings. The zero-order chi connectivity index (χ0) is 22.5. The molecule has 2 aromatic carbocycles. The molecule has 164 valence electrons. The molecule has 1 atom stereocenters. The number of rotatable bonds is 9. The smallest absolute Gasteiger partial charge is 0.246 e. The summed E-state index contributed by atoms with van der Waals surface area (Å²) in [6.07, 6.45) is 0. The molecule has 0 saturated carbocycles. The van der Waals surface area contributed by atoms with Gasteiger partial charge < -0.3 is 10.1 Å². The molecule has 0 heterocycles. The molecule has 0 aromatic heterocycles. The van der Waals surface area contributed by atoms with Gasteiger partial charge in [-0.15, -0.1) is 0 Å². The Morgan fingerprint density at radius 2 is 1.70 bits per heavy atom. The number of ether oxygens (including phenoxy) is 1. The molecule has 2 aromatic rings. The number of benzene rings is 2. The number of amides is 1. The normalized spacial score (nSPS) is 13.1. The van der Waals surface area contributed by atoms with E-state index in [4.69, 9.17) is 4.74 Å². The maximum atomic E-state index is 12.6. The van der Waals surface area contributed by atoms with Crippen LogP contribution in [0, 0.1) is 0 Å². The Kier molecular flexibility index (Phi) is 7.59. The Morgan fingerprint density at radius 1 is 1.07 bits per heavy atom. The lowest BCUT2D eigenvalue weighted by atomic mass is 10.2. The monoisotopic (exact) mass is 455 g/mol. The second kappa shape index (κ2) is 9.56. The lowest BCUT2D eigenvalue weighted by Crippen LogP contribution is -2.41. The highest BCUT2D eigenvalue weighted by Gasteiger charge is 2.25. The van der Waals surface area contributed by atoms with Gasteiger partial charge in [0.2, 0.25) is 26.0 Å². The van der Waals surface area contributed by atoms with E-state index in [1.807, 2.05) is 0 Å². The van der Waals surface area contributed by atoms with Crippen molar-refractivity contribution >= 4 is 31.6 Å². The van der Waals surface area contributed by atoms with E-state index in [0.717, 1.165) is 4.31 Å². The third-order valence-electron chi connectivity index (χ3n) is 4.05. The fraction of sp³-hybridized carbons (Fsp3) is 0.316. The first-order chi connectivity index (χ1) is 14.0. The minimum Gasteiger partial charge on any atom is -0.492 e. The van der Waals surface area contributed by atoms with E-state index >= 15 is 0 Å². The summed E-state index contributed by atoms with van der Waals surface area (Å²) in [5.74, 6) is -0.492. The average molecular weight is 456 g/mol. The predicted molar refractivity (Wildman–Crippen MR) is 113 cm³/mol. The molecular formula is C19H25N3O6S2. The van der Waals surface area contributed by atoms with Gasteiger partial charge in [-0.25, -0.2) is 21.1 Å². The van der Waals surface area contributed by atoms with Crippen molar-refractivity contribution in [2.45, 2.75) is 29.7 Å². The highest BCUT2D eigenvalue weighted by atomic mass is 32.2. The number of hydrogen-bond acceptors (Lipinski definition) is 6. The van der Waals surface area contributed by atoms with Gasteiger partial charge >= 0.3 is 0 Å². The molecule has 0 radical (unpaired) electrons. The lowest BCUT2D eigenvalue weighted by Gasteiger charge is -2.18. The highest BCUT2D eigenvalue weighted by molar-refractivity contribution is 7.89. The Balaban J connectivity index is 2.24. The second-order valence-electron chi connectivity index (χ2n) is 6.53. The van der Waals surface area contributed by atoms with Crippen molar-refractivity contribution in [1.82, 2.24) is 9.03 Å². The Labute approximate surface area is 177 Å². The van der Waals surface area contributed by atoms with Crippen LogP contribution >= 0.6 is 0 Å². The molecule has 2 rings (SSSR count). The van der Waals surface area contributed by atoms with Crippen molar-refractivity contribution in [2.75, 3.05) is 26.0 Å². The van der Waals surface area contributed by atoms with Gasteiger partial charge in [0, 0.05) is 19.8 Å². The number of carbonyl (C=O) groups is 1. The van der Waals surface area contributed by atoms with E-state index in [2.05, 4.69) is 10.0 Å². The van der Waals surface area contributed by atoms with E-state index in [1.165, 1.54) is 51.4 Å². The van der Waals surface area contributed by atoms with Crippen LogP contribution in [0.25, 0.3) is 0 Å². The number of nitrogens with one attached hydrogen (secondary N) is 2. The van der Waals surface area contributed by atoms with Crippen LogP contribution in [0.15, 0.2) is 58.3 Å². The molecule has 0 bridgehead atoms. The molecule has 0 saturated heterocycles. The number of nitrogens with zero attached hydrogens (tertiary/aromatic N) is 1. The summed E-state index contributed by atoms with van der Waals surface area (Å²) in [6, 6.07) is 10.8. The third-order valence-corrected chi connectivity index (χ3v) is 7.44. The second-order valence-corrected chi connectivity index (χ2v) is 10.4. The largest absolute Gasteiger partial charge is 0.492 e. The molecule has 0 unspecified atom stereocenters. The maximum absolute atomic E-state index is 12.6. The van der Waals surface area contributed by atoms with Gasteiger partial charge in [-0.2, -0.15) is 4.72 Å². The van der Waals surface area contributed by atoms with Crippen LogP contribution in [0.1, 0.15) is 13.8 Å².